The molecular weight excluding hydrogens is 458 g/mol. The summed E-state index contributed by atoms with van der Waals surface area (Å²) in [5.74, 6) is 1.62. The average molecular weight is 494 g/mol. The second-order valence-corrected chi connectivity index (χ2v) is 10.7. The minimum Gasteiger partial charge on any atom is -0.380 e. The fourth-order valence-corrected chi connectivity index (χ4v) is 6.06. The van der Waals surface area contributed by atoms with Crippen molar-refractivity contribution >= 4 is 33.3 Å². The highest BCUT2D eigenvalue weighted by atomic mass is 32.1. The lowest BCUT2D eigenvalue weighted by atomic mass is 9.97. The molecule has 0 saturated carbocycles. The molecule has 8 heteroatoms. The highest BCUT2D eigenvalue weighted by Gasteiger charge is 2.24. The van der Waals surface area contributed by atoms with E-state index in [0.29, 0.717) is 11.5 Å². The minimum absolute atomic E-state index is 0.00702. The summed E-state index contributed by atoms with van der Waals surface area (Å²) in [6.07, 6.45) is 6.57. The highest BCUT2D eigenvalue weighted by Crippen LogP contribution is 2.39. The molecule has 1 amide bonds. The van der Waals surface area contributed by atoms with Crippen LogP contribution in [0, 0.1) is 5.92 Å². The molecule has 186 valence electrons. The Morgan fingerprint density at radius 3 is 2.71 bits per heavy atom. The van der Waals surface area contributed by atoms with Gasteiger partial charge in [-0.05, 0) is 62.4 Å². The first-order valence-electron chi connectivity index (χ1n) is 12.7. The molecule has 0 unspecified atom stereocenters. The van der Waals surface area contributed by atoms with Crippen molar-refractivity contribution in [3.8, 4) is 11.1 Å². The van der Waals surface area contributed by atoms with E-state index in [4.69, 9.17) is 9.72 Å². The Balaban J connectivity index is 1.27. The number of hydrogen-bond acceptors (Lipinski definition) is 7. The normalized spacial score (nSPS) is 17.4. The Hall–Kier alpha value is -2.55. The number of fused-ring (bicyclic) bond motifs is 1. The third-order valence-electron chi connectivity index (χ3n) is 7.20. The van der Waals surface area contributed by atoms with Crippen LogP contribution in [0.25, 0.3) is 21.3 Å². The SMILES string of the molecule is CN(C)C(=O)c1cccc(-c2csc3ncnc(N4CCC(COCCN5CCCC5)CC4)c23)c1. The van der Waals surface area contributed by atoms with E-state index in [2.05, 4.69) is 26.2 Å². The monoisotopic (exact) mass is 493 g/mol. The number of nitrogens with zero attached hydrogens (tertiary/aromatic N) is 5. The number of rotatable bonds is 8. The number of carbonyl (C=O) groups is 1. The number of piperidine rings is 1. The number of hydrogen-bond donors (Lipinski definition) is 0. The van der Waals surface area contributed by atoms with Gasteiger partial charge in [0, 0.05) is 56.8 Å². The van der Waals surface area contributed by atoms with Gasteiger partial charge < -0.3 is 19.4 Å². The second-order valence-electron chi connectivity index (χ2n) is 9.86. The Kier molecular flexibility index (Phi) is 7.60. The van der Waals surface area contributed by atoms with Crippen molar-refractivity contribution < 1.29 is 9.53 Å². The lowest BCUT2D eigenvalue weighted by Crippen LogP contribution is -2.36. The molecule has 1 aromatic carbocycles. The standard InChI is InChI=1S/C27H35N5O2S/c1-30(2)27(33)22-7-5-6-21(16-22)23-18-35-26-24(23)25(28-19-29-26)32-12-8-20(9-13-32)17-34-15-14-31-10-3-4-11-31/h5-7,16,18-20H,3-4,8-15,17H2,1-2H3. The molecule has 2 aliphatic rings. The van der Waals surface area contributed by atoms with Crippen LogP contribution in [-0.4, -0.2) is 85.7 Å². The van der Waals surface area contributed by atoms with Gasteiger partial charge >= 0.3 is 0 Å². The molecule has 3 aromatic rings. The zero-order valence-electron chi connectivity index (χ0n) is 20.8. The van der Waals surface area contributed by atoms with Gasteiger partial charge in [0.05, 0.1) is 12.0 Å². The average Bonchev–Trinajstić information content (AvgIpc) is 3.57. The van der Waals surface area contributed by atoms with Crippen LogP contribution in [0.1, 0.15) is 36.0 Å². The lowest BCUT2D eigenvalue weighted by Gasteiger charge is -2.33. The van der Waals surface area contributed by atoms with Crippen molar-refractivity contribution in [3.05, 3.63) is 41.5 Å². The number of likely N-dealkylation sites (tertiary alicyclic amines) is 1. The Morgan fingerprint density at radius 1 is 1.14 bits per heavy atom. The predicted octanol–water partition coefficient (Wildman–Crippen LogP) is 4.39. The number of anilines is 1. The first-order valence-corrected chi connectivity index (χ1v) is 13.6. The fraction of sp³-hybridized carbons (Fsp3) is 0.519. The van der Waals surface area contributed by atoms with Crippen LogP contribution < -0.4 is 4.90 Å². The smallest absolute Gasteiger partial charge is 0.253 e. The maximum Gasteiger partial charge on any atom is 0.253 e. The van der Waals surface area contributed by atoms with E-state index in [-0.39, 0.29) is 5.91 Å². The van der Waals surface area contributed by atoms with E-state index in [1.807, 2.05) is 18.2 Å². The Labute approximate surface area is 211 Å². The molecule has 0 aliphatic carbocycles. The van der Waals surface area contributed by atoms with Crippen LogP contribution in [0.3, 0.4) is 0 Å². The zero-order valence-corrected chi connectivity index (χ0v) is 21.6. The molecule has 2 aromatic heterocycles. The number of carbonyl (C=O) groups excluding carboxylic acids is 1. The third kappa shape index (κ3) is 5.50. The summed E-state index contributed by atoms with van der Waals surface area (Å²) >= 11 is 1.63. The molecule has 5 rings (SSSR count). The summed E-state index contributed by atoms with van der Waals surface area (Å²) in [5, 5.41) is 3.23. The summed E-state index contributed by atoms with van der Waals surface area (Å²) in [4.78, 5) is 29.3. The Morgan fingerprint density at radius 2 is 1.94 bits per heavy atom. The van der Waals surface area contributed by atoms with Crippen molar-refractivity contribution in [2.24, 2.45) is 5.92 Å². The quantitative estimate of drug-likeness (QED) is 0.434. The summed E-state index contributed by atoms with van der Waals surface area (Å²) in [6, 6.07) is 7.87. The van der Waals surface area contributed by atoms with Crippen LogP contribution in [-0.2, 0) is 4.74 Å². The Bertz CT molecular complexity index is 1150. The van der Waals surface area contributed by atoms with Gasteiger partial charge in [-0.15, -0.1) is 11.3 Å². The fourth-order valence-electron chi connectivity index (χ4n) is 5.15. The van der Waals surface area contributed by atoms with Gasteiger partial charge in [-0.2, -0.15) is 0 Å². The van der Waals surface area contributed by atoms with Gasteiger partial charge in [-0.25, -0.2) is 9.97 Å². The second kappa shape index (κ2) is 11.0. The predicted molar refractivity (Wildman–Crippen MR) is 142 cm³/mol. The molecular formula is C27H35N5O2S. The van der Waals surface area contributed by atoms with Crippen molar-refractivity contribution in [1.29, 1.82) is 0 Å². The minimum atomic E-state index is 0.00702. The molecule has 7 nitrogen and oxygen atoms in total. The molecule has 0 radical (unpaired) electrons. The zero-order chi connectivity index (χ0) is 24.2. The van der Waals surface area contributed by atoms with E-state index in [1.165, 1.54) is 25.9 Å². The van der Waals surface area contributed by atoms with E-state index in [1.54, 1.807) is 36.7 Å². The molecule has 35 heavy (non-hydrogen) atoms. The molecule has 2 aliphatic heterocycles. The molecule has 0 atom stereocenters. The summed E-state index contributed by atoms with van der Waals surface area (Å²) in [6.45, 7) is 7.19. The third-order valence-corrected chi connectivity index (χ3v) is 8.08. The van der Waals surface area contributed by atoms with Gasteiger partial charge in [-0.3, -0.25) is 4.79 Å². The van der Waals surface area contributed by atoms with Crippen molar-refractivity contribution in [2.75, 3.05) is 64.9 Å². The van der Waals surface area contributed by atoms with E-state index in [0.717, 1.165) is 72.9 Å². The number of amides is 1. The lowest BCUT2D eigenvalue weighted by molar-refractivity contribution is 0.0753. The summed E-state index contributed by atoms with van der Waals surface area (Å²) in [5.41, 5.74) is 2.82. The van der Waals surface area contributed by atoms with Crippen LogP contribution in [0.4, 0.5) is 5.82 Å². The highest BCUT2D eigenvalue weighted by molar-refractivity contribution is 7.17. The van der Waals surface area contributed by atoms with Crippen LogP contribution >= 0.6 is 11.3 Å². The molecule has 0 spiro atoms. The number of aromatic nitrogens is 2. The van der Waals surface area contributed by atoms with Crippen LogP contribution in [0.2, 0.25) is 0 Å². The molecule has 0 bridgehead atoms. The van der Waals surface area contributed by atoms with E-state index in [9.17, 15) is 4.79 Å². The first kappa shape index (κ1) is 24.2. The summed E-state index contributed by atoms with van der Waals surface area (Å²) in [7, 11) is 3.56. The molecule has 2 fully saturated rings. The van der Waals surface area contributed by atoms with Crippen LogP contribution in [0.5, 0.6) is 0 Å². The van der Waals surface area contributed by atoms with Crippen molar-refractivity contribution in [2.45, 2.75) is 25.7 Å². The maximum atomic E-state index is 12.5. The van der Waals surface area contributed by atoms with Gasteiger partial charge in [0.25, 0.3) is 5.91 Å². The molecule has 0 N–H and O–H groups in total. The van der Waals surface area contributed by atoms with Crippen molar-refractivity contribution in [3.63, 3.8) is 0 Å². The molecule has 4 heterocycles. The van der Waals surface area contributed by atoms with E-state index < -0.39 is 0 Å². The maximum absolute atomic E-state index is 12.5. The number of thiophene rings is 1. The van der Waals surface area contributed by atoms with Crippen LogP contribution in [0.15, 0.2) is 36.0 Å². The number of benzene rings is 1. The van der Waals surface area contributed by atoms with E-state index >= 15 is 0 Å². The van der Waals surface area contributed by atoms with Gasteiger partial charge in [0.1, 0.15) is 17.0 Å². The van der Waals surface area contributed by atoms with Gasteiger partial charge in [0.2, 0.25) is 0 Å². The van der Waals surface area contributed by atoms with Gasteiger partial charge in [0.15, 0.2) is 0 Å². The molecule has 2 saturated heterocycles. The topological polar surface area (TPSA) is 61.8 Å². The largest absolute Gasteiger partial charge is 0.380 e. The summed E-state index contributed by atoms with van der Waals surface area (Å²) < 4.78 is 6.04. The number of ether oxygens (including phenoxy) is 1. The first-order chi connectivity index (χ1) is 17.1. The van der Waals surface area contributed by atoms with Gasteiger partial charge in [-0.1, -0.05) is 12.1 Å². The van der Waals surface area contributed by atoms with Crippen molar-refractivity contribution in [1.82, 2.24) is 19.8 Å².